The average molecular weight is 246 g/mol. The zero-order chi connectivity index (χ0) is 13.1. The van der Waals surface area contributed by atoms with Gasteiger partial charge in [-0.1, -0.05) is 36.4 Å². The van der Waals surface area contributed by atoms with Crippen molar-refractivity contribution in [3.05, 3.63) is 65.6 Å². The molecule has 4 nitrogen and oxygen atoms in total. The predicted molar refractivity (Wildman–Crippen MR) is 73.1 cm³/mol. The molecule has 2 heterocycles. The number of fused-ring (bicyclic) bond motifs is 1. The molecule has 0 aliphatic rings. The fourth-order valence-electron chi connectivity index (χ4n) is 1.86. The van der Waals surface area contributed by atoms with Gasteiger partial charge >= 0.3 is 0 Å². The smallest absolute Gasteiger partial charge is 0.173 e. The summed E-state index contributed by atoms with van der Waals surface area (Å²) in [5.74, 6) is 0. The SMILES string of the molecule is N#Cc1cnn2c(/C=C\c3ccccc3)ccnc12. The van der Waals surface area contributed by atoms with E-state index in [9.17, 15) is 0 Å². The van der Waals surface area contributed by atoms with Gasteiger partial charge in [-0.3, -0.25) is 0 Å². The minimum absolute atomic E-state index is 0.481. The van der Waals surface area contributed by atoms with Crippen molar-refractivity contribution in [1.82, 2.24) is 14.6 Å². The second kappa shape index (κ2) is 4.75. The Morgan fingerprint density at radius 3 is 2.74 bits per heavy atom. The molecule has 0 radical (unpaired) electrons. The molecule has 0 aliphatic heterocycles. The average Bonchev–Trinajstić information content (AvgIpc) is 2.90. The van der Waals surface area contributed by atoms with Gasteiger partial charge in [0, 0.05) is 6.20 Å². The summed E-state index contributed by atoms with van der Waals surface area (Å²) in [7, 11) is 0. The largest absolute Gasteiger partial charge is 0.236 e. The lowest BCUT2D eigenvalue weighted by atomic mass is 10.2. The van der Waals surface area contributed by atoms with E-state index >= 15 is 0 Å². The van der Waals surface area contributed by atoms with E-state index in [1.54, 1.807) is 10.7 Å². The number of aromatic nitrogens is 3. The van der Waals surface area contributed by atoms with Crippen LogP contribution in [0.3, 0.4) is 0 Å². The van der Waals surface area contributed by atoms with Gasteiger partial charge in [-0.15, -0.1) is 0 Å². The van der Waals surface area contributed by atoms with E-state index in [0.29, 0.717) is 11.2 Å². The van der Waals surface area contributed by atoms with Crippen molar-refractivity contribution >= 4 is 17.8 Å². The third-order valence-corrected chi connectivity index (χ3v) is 2.80. The second-order valence-electron chi connectivity index (χ2n) is 4.02. The first-order valence-corrected chi connectivity index (χ1v) is 5.84. The number of benzene rings is 1. The molecule has 0 N–H and O–H groups in total. The Hall–Kier alpha value is -2.93. The number of nitrogens with zero attached hydrogens (tertiary/aromatic N) is 4. The van der Waals surface area contributed by atoms with Crippen molar-refractivity contribution < 1.29 is 0 Å². The lowest BCUT2D eigenvalue weighted by molar-refractivity contribution is 0.927. The van der Waals surface area contributed by atoms with Crippen LogP contribution < -0.4 is 0 Å². The molecule has 0 amide bonds. The van der Waals surface area contributed by atoms with Gasteiger partial charge < -0.3 is 0 Å². The molecule has 3 rings (SSSR count). The van der Waals surface area contributed by atoms with Gasteiger partial charge in [0.2, 0.25) is 0 Å². The topological polar surface area (TPSA) is 54.0 Å². The van der Waals surface area contributed by atoms with Crippen LogP contribution in [0.2, 0.25) is 0 Å². The Balaban J connectivity index is 2.05. The van der Waals surface area contributed by atoms with Crippen LogP contribution in [0.4, 0.5) is 0 Å². The van der Waals surface area contributed by atoms with E-state index in [4.69, 9.17) is 5.26 Å². The van der Waals surface area contributed by atoms with Crippen LogP contribution in [0.5, 0.6) is 0 Å². The minimum Gasteiger partial charge on any atom is -0.236 e. The molecule has 0 spiro atoms. The highest BCUT2D eigenvalue weighted by Gasteiger charge is 2.05. The van der Waals surface area contributed by atoms with E-state index in [2.05, 4.69) is 16.2 Å². The van der Waals surface area contributed by atoms with Crippen LogP contribution in [0.1, 0.15) is 16.8 Å². The fraction of sp³-hybridized carbons (Fsp3) is 0. The fourth-order valence-corrected chi connectivity index (χ4v) is 1.86. The molecule has 3 aromatic rings. The zero-order valence-corrected chi connectivity index (χ0v) is 10.1. The van der Waals surface area contributed by atoms with E-state index < -0.39 is 0 Å². The maximum atomic E-state index is 8.96. The maximum absolute atomic E-state index is 8.96. The van der Waals surface area contributed by atoms with Gasteiger partial charge in [-0.25, -0.2) is 9.50 Å². The summed E-state index contributed by atoms with van der Waals surface area (Å²) in [5, 5.41) is 13.1. The molecular formula is C15H10N4. The molecule has 0 saturated carbocycles. The summed E-state index contributed by atoms with van der Waals surface area (Å²) in [6.45, 7) is 0. The summed E-state index contributed by atoms with van der Waals surface area (Å²) in [6.07, 6.45) is 7.17. The van der Waals surface area contributed by atoms with E-state index in [1.165, 1.54) is 6.20 Å². The van der Waals surface area contributed by atoms with Crippen molar-refractivity contribution in [3.63, 3.8) is 0 Å². The Morgan fingerprint density at radius 1 is 1.11 bits per heavy atom. The number of hydrogen-bond acceptors (Lipinski definition) is 3. The monoisotopic (exact) mass is 246 g/mol. The predicted octanol–water partition coefficient (Wildman–Crippen LogP) is 2.77. The van der Waals surface area contributed by atoms with Crippen LogP contribution in [0.15, 0.2) is 48.8 Å². The summed E-state index contributed by atoms with van der Waals surface area (Å²) in [4.78, 5) is 4.17. The van der Waals surface area contributed by atoms with E-state index in [0.717, 1.165) is 11.3 Å². The summed E-state index contributed by atoms with van der Waals surface area (Å²) >= 11 is 0. The van der Waals surface area contributed by atoms with Crippen LogP contribution in [0, 0.1) is 11.3 Å². The van der Waals surface area contributed by atoms with E-state index in [1.807, 2.05) is 48.6 Å². The first kappa shape index (κ1) is 11.2. The molecule has 4 heteroatoms. The van der Waals surface area contributed by atoms with Gasteiger partial charge in [0.05, 0.1) is 11.9 Å². The molecule has 0 atom stereocenters. The second-order valence-corrected chi connectivity index (χ2v) is 4.02. The van der Waals surface area contributed by atoms with Gasteiger partial charge in [-0.05, 0) is 17.7 Å². The lowest BCUT2D eigenvalue weighted by Crippen LogP contribution is -1.94. The van der Waals surface area contributed by atoms with Crippen molar-refractivity contribution in [1.29, 1.82) is 5.26 Å². The lowest BCUT2D eigenvalue weighted by Gasteiger charge is -1.98. The standard InChI is InChI=1S/C15H10N4/c16-10-13-11-18-19-14(8-9-17-15(13)19)7-6-12-4-2-1-3-5-12/h1-9,11H/b7-6-. The van der Waals surface area contributed by atoms with Crippen molar-refractivity contribution in [2.45, 2.75) is 0 Å². The van der Waals surface area contributed by atoms with Crippen LogP contribution >= 0.6 is 0 Å². The van der Waals surface area contributed by atoms with E-state index in [-0.39, 0.29) is 0 Å². The molecule has 2 aromatic heterocycles. The van der Waals surface area contributed by atoms with Crippen LogP contribution in [-0.4, -0.2) is 14.6 Å². The molecular weight excluding hydrogens is 236 g/mol. The highest BCUT2D eigenvalue weighted by atomic mass is 15.2. The first-order valence-electron chi connectivity index (χ1n) is 5.84. The molecule has 0 unspecified atom stereocenters. The van der Waals surface area contributed by atoms with Crippen molar-refractivity contribution in [3.8, 4) is 6.07 Å². The van der Waals surface area contributed by atoms with Crippen LogP contribution in [-0.2, 0) is 0 Å². The normalized spacial score (nSPS) is 10.9. The highest BCUT2D eigenvalue weighted by Crippen LogP contribution is 2.12. The van der Waals surface area contributed by atoms with Crippen molar-refractivity contribution in [2.24, 2.45) is 0 Å². The minimum atomic E-state index is 0.481. The molecule has 90 valence electrons. The summed E-state index contributed by atoms with van der Waals surface area (Å²) < 4.78 is 1.66. The molecule has 0 saturated heterocycles. The Kier molecular flexibility index (Phi) is 2.79. The molecule has 1 aromatic carbocycles. The van der Waals surface area contributed by atoms with Gasteiger partial charge in [0.25, 0.3) is 0 Å². The number of rotatable bonds is 2. The summed E-state index contributed by atoms with van der Waals surface area (Å²) in [5.41, 5.74) is 3.06. The summed E-state index contributed by atoms with van der Waals surface area (Å²) in [6, 6.07) is 14.0. The zero-order valence-electron chi connectivity index (χ0n) is 10.1. The molecule has 0 aliphatic carbocycles. The Bertz CT molecular complexity index is 779. The quantitative estimate of drug-likeness (QED) is 0.698. The van der Waals surface area contributed by atoms with Crippen molar-refractivity contribution in [2.75, 3.05) is 0 Å². The maximum Gasteiger partial charge on any atom is 0.173 e. The van der Waals surface area contributed by atoms with Gasteiger partial charge in [0.1, 0.15) is 11.6 Å². The van der Waals surface area contributed by atoms with Gasteiger partial charge in [0.15, 0.2) is 5.65 Å². The highest BCUT2D eigenvalue weighted by molar-refractivity contribution is 5.69. The number of hydrogen-bond donors (Lipinski definition) is 0. The van der Waals surface area contributed by atoms with Crippen LogP contribution in [0.25, 0.3) is 17.8 Å². The Morgan fingerprint density at radius 2 is 1.95 bits per heavy atom. The molecule has 0 fully saturated rings. The number of nitriles is 1. The van der Waals surface area contributed by atoms with Gasteiger partial charge in [-0.2, -0.15) is 10.4 Å². The third kappa shape index (κ3) is 2.09. The molecule has 19 heavy (non-hydrogen) atoms. The Labute approximate surface area is 110 Å². The molecule has 0 bridgehead atoms. The third-order valence-electron chi connectivity index (χ3n) is 2.80. The first-order chi connectivity index (χ1) is 9.38.